The molecule has 0 aromatic heterocycles. The Bertz CT molecular complexity index is 779. The zero-order chi connectivity index (χ0) is 29.9. The molecular weight excluding hydrogens is 537 g/mol. The third-order valence-corrected chi connectivity index (χ3v) is 10.0. The van der Waals surface area contributed by atoms with Crippen LogP contribution in [-0.2, 0) is 22.8 Å². The summed E-state index contributed by atoms with van der Waals surface area (Å²) in [5.74, 6) is 0.508. The van der Waals surface area contributed by atoms with Crippen molar-refractivity contribution in [1.82, 2.24) is 0 Å². The van der Waals surface area contributed by atoms with E-state index in [-0.39, 0.29) is 29.7 Å². The second-order valence-electron chi connectivity index (χ2n) is 14.5. The maximum atomic E-state index is 11.5. The van der Waals surface area contributed by atoms with Crippen molar-refractivity contribution >= 4 is 30.9 Å². The van der Waals surface area contributed by atoms with Crippen molar-refractivity contribution in [3.05, 3.63) is 24.3 Å². The van der Waals surface area contributed by atoms with Crippen LogP contribution >= 0.6 is 0 Å². The van der Waals surface area contributed by atoms with Crippen LogP contribution < -0.4 is 0 Å². The molecule has 1 aliphatic rings. The normalized spacial score (nSPS) is 24.5. The van der Waals surface area contributed by atoms with Crippen molar-refractivity contribution in [3.8, 4) is 0 Å². The Morgan fingerprint density at radius 3 is 2.03 bits per heavy atom. The number of hydrogen-bond acceptors (Lipinski definition) is 5. The molecule has 5 unspecified atom stereocenters. The van der Waals surface area contributed by atoms with E-state index in [9.17, 15) is 4.79 Å². The van der Waals surface area contributed by atoms with E-state index >= 15 is 0 Å². The van der Waals surface area contributed by atoms with Gasteiger partial charge in [0, 0.05) is 12.3 Å². The van der Waals surface area contributed by atoms with E-state index < -0.39 is 25.0 Å². The molecule has 0 spiro atoms. The van der Waals surface area contributed by atoms with Gasteiger partial charge in [-0.15, -0.1) is 0 Å². The van der Waals surface area contributed by atoms with Crippen LogP contribution in [0.4, 0.5) is 0 Å². The van der Waals surface area contributed by atoms with Crippen molar-refractivity contribution in [2.24, 2.45) is 11.8 Å². The molecule has 228 valence electrons. The molecule has 8 heteroatoms. The third kappa shape index (κ3) is 15.9. The second-order valence-corrected chi connectivity index (χ2v) is 27.9. The Morgan fingerprint density at radius 1 is 0.872 bits per heavy atom. The lowest BCUT2D eigenvalue weighted by atomic mass is 9.88. The largest absolute Gasteiger partial charge is 0.469 e. The van der Waals surface area contributed by atoms with Gasteiger partial charge in [-0.05, 0) is 104 Å². The molecule has 0 radical (unpaired) electrons. The average molecular weight is 599 g/mol. The smallest absolute Gasteiger partial charge is 0.305 e. The highest BCUT2D eigenvalue weighted by Crippen LogP contribution is 2.43. The number of allylic oxidation sites excluding steroid dienone is 2. The van der Waals surface area contributed by atoms with Crippen LogP contribution in [0, 0.1) is 11.8 Å². The van der Waals surface area contributed by atoms with Gasteiger partial charge in [-0.2, -0.15) is 0 Å². The van der Waals surface area contributed by atoms with Crippen LogP contribution in [0.2, 0.25) is 58.9 Å². The minimum absolute atomic E-state index is 0.137. The van der Waals surface area contributed by atoms with Crippen molar-refractivity contribution in [2.45, 2.75) is 148 Å². The summed E-state index contributed by atoms with van der Waals surface area (Å²) >= 11 is 0. The van der Waals surface area contributed by atoms with E-state index in [1.54, 1.807) is 0 Å². The number of methoxy groups -OCH3 is 1. The summed E-state index contributed by atoms with van der Waals surface area (Å²) in [6.45, 7) is 25.2. The van der Waals surface area contributed by atoms with Gasteiger partial charge in [-0.25, -0.2) is 0 Å². The predicted molar refractivity (Wildman–Crippen MR) is 174 cm³/mol. The third-order valence-electron chi connectivity index (χ3n) is 6.92. The van der Waals surface area contributed by atoms with Gasteiger partial charge >= 0.3 is 5.97 Å². The maximum absolute atomic E-state index is 11.5. The molecule has 1 aliphatic carbocycles. The summed E-state index contributed by atoms with van der Waals surface area (Å²) in [5, 5.41) is 0. The molecule has 0 bridgehead atoms. The van der Waals surface area contributed by atoms with Gasteiger partial charge in [-0.3, -0.25) is 4.79 Å². The fraction of sp³-hybridized carbons (Fsp3) is 0.839. The number of rotatable bonds is 18. The first-order valence-corrected chi connectivity index (χ1v) is 25.6. The van der Waals surface area contributed by atoms with E-state index in [1.165, 1.54) is 26.4 Å². The van der Waals surface area contributed by atoms with E-state index in [1.807, 2.05) is 0 Å². The molecule has 5 atom stereocenters. The molecular formula is C31H62O5Si3. The number of hydrogen-bond donors (Lipinski definition) is 0. The predicted octanol–water partition coefficient (Wildman–Crippen LogP) is 9.10. The van der Waals surface area contributed by atoms with E-state index in [2.05, 4.69) is 97.1 Å². The summed E-state index contributed by atoms with van der Waals surface area (Å²) in [6, 6.07) is 0. The zero-order valence-electron chi connectivity index (χ0n) is 27.5. The first kappa shape index (κ1) is 36.5. The minimum Gasteiger partial charge on any atom is -0.469 e. The Hall–Kier alpha value is -0.519. The van der Waals surface area contributed by atoms with E-state index in [4.69, 9.17) is 18.0 Å². The number of esters is 1. The van der Waals surface area contributed by atoms with Gasteiger partial charge in [0.25, 0.3) is 0 Å². The molecule has 0 aromatic rings. The zero-order valence-corrected chi connectivity index (χ0v) is 30.5. The van der Waals surface area contributed by atoms with Crippen LogP contribution in [0.1, 0.15) is 71.6 Å². The van der Waals surface area contributed by atoms with Crippen molar-refractivity contribution < 1.29 is 22.8 Å². The van der Waals surface area contributed by atoms with Crippen molar-refractivity contribution in [1.29, 1.82) is 0 Å². The first-order valence-electron chi connectivity index (χ1n) is 15.3. The summed E-state index contributed by atoms with van der Waals surface area (Å²) in [5.41, 5.74) is -0.255. The summed E-state index contributed by atoms with van der Waals surface area (Å²) in [6.07, 6.45) is 18.5. The monoisotopic (exact) mass is 598 g/mol. The number of unbranched alkanes of at least 4 members (excludes halogenated alkanes) is 3. The van der Waals surface area contributed by atoms with Gasteiger partial charge in [0.2, 0.25) is 0 Å². The Labute approximate surface area is 244 Å². The molecule has 5 nitrogen and oxygen atoms in total. The van der Waals surface area contributed by atoms with Gasteiger partial charge in [0.1, 0.15) is 0 Å². The van der Waals surface area contributed by atoms with Crippen LogP contribution in [0.15, 0.2) is 24.3 Å². The molecule has 0 heterocycles. The second kappa shape index (κ2) is 16.2. The summed E-state index contributed by atoms with van der Waals surface area (Å²) in [7, 11) is -3.76. The minimum atomic E-state index is -1.75. The van der Waals surface area contributed by atoms with Crippen LogP contribution in [0.5, 0.6) is 0 Å². The lowest BCUT2D eigenvalue weighted by molar-refractivity contribution is -0.140. The molecule has 39 heavy (non-hydrogen) atoms. The fourth-order valence-electron chi connectivity index (χ4n) is 5.58. The SMILES string of the molecule is CCCCCC(C)(/C=C/C1C(O[Si](C)(C)C)CC(O[Si](C)(C)C)C1C/C=C\CCCC(=O)OC)O[Si](C)(C)C. The topological polar surface area (TPSA) is 54.0 Å². The Kier molecular flexibility index (Phi) is 15.2. The molecule has 1 fully saturated rings. The van der Waals surface area contributed by atoms with Crippen molar-refractivity contribution in [2.75, 3.05) is 7.11 Å². The van der Waals surface area contributed by atoms with Crippen LogP contribution in [0.25, 0.3) is 0 Å². The van der Waals surface area contributed by atoms with Crippen LogP contribution in [0.3, 0.4) is 0 Å². The average Bonchev–Trinajstić information content (AvgIpc) is 3.05. The summed E-state index contributed by atoms with van der Waals surface area (Å²) in [4.78, 5) is 11.5. The van der Waals surface area contributed by atoms with Gasteiger partial charge in [-0.1, -0.05) is 50.5 Å². The molecule has 0 aromatic carbocycles. The fourth-order valence-corrected chi connectivity index (χ4v) is 9.49. The molecule has 0 N–H and O–H groups in total. The van der Waals surface area contributed by atoms with E-state index in [0.717, 1.165) is 32.1 Å². The number of ether oxygens (including phenoxy) is 1. The van der Waals surface area contributed by atoms with Gasteiger partial charge in [0.15, 0.2) is 25.0 Å². The molecule has 1 rings (SSSR count). The lowest BCUT2D eigenvalue weighted by Crippen LogP contribution is -2.40. The van der Waals surface area contributed by atoms with E-state index in [0.29, 0.717) is 12.3 Å². The molecule has 1 saturated carbocycles. The van der Waals surface area contributed by atoms with Crippen molar-refractivity contribution in [3.63, 3.8) is 0 Å². The number of carbonyl (C=O) groups excluding carboxylic acids is 1. The highest BCUT2D eigenvalue weighted by molar-refractivity contribution is 6.70. The molecule has 0 amide bonds. The molecule has 0 aliphatic heterocycles. The van der Waals surface area contributed by atoms with Gasteiger partial charge < -0.3 is 18.0 Å². The lowest BCUT2D eigenvalue weighted by Gasteiger charge is -2.35. The number of carbonyl (C=O) groups is 1. The Balaban J connectivity index is 3.28. The Morgan fingerprint density at radius 2 is 1.49 bits per heavy atom. The summed E-state index contributed by atoms with van der Waals surface area (Å²) < 4.78 is 25.3. The first-order chi connectivity index (χ1) is 17.9. The maximum Gasteiger partial charge on any atom is 0.305 e. The van der Waals surface area contributed by atoms with Crippen LogP contribution in [-0.4, -0.2) is 55.8 Å². The highest BCUT2D eigenvalue weighted by atomic mass is 28.4. The highest BCUT2D eigenvalue weighted by Gasteiger charge is 2.45. The molecule has 0 saturated heterocycles. The quantitative estimate of drug-likeness (QED) is 0.0681. The van der Waals surface area contributed by atoms with Gasteiger partial charge in [0.05, 0.1) is 24.9 Å². The standard InChI is InChI=1S/C31H62O5Si3/c1-13-14-19-23-31(2,36-39(10,11)12)24-22-27-26(20-17-15-16-18-21-30(32)33-3)28(34-37(4,5)6)25-29(27)35-38(7,8)9/h15,17,22,24,26-29H,13-14,16,18-21,23,25H2,1-12H3/b17-15-,24-22+.